The van der Waals surface area contributed by atoms with E-state index >= 15 is 0 Å². The first-order valence-electron chi connectivity index (χ1n) is 9.97. The van der Waals surface area contributed by atoms with Gasteiger partial charge in [0.05, 0.1) is 6.61 Å². The summed E-state index contributed by atoms with van der Waals surface area (Å²) < 4.78 is 5.71. The molecule has 0 unspecified atom stereocenters. The first-order valence-corrected chi connectivity index (χ1v) is 9.97. The van der Waals surface area contributed by atoms with Crippen LogP contribution in [0.15, 0.2) is 42.6 Å². The predicted octanol–water partition coefficient (Wildman–Crippen LogP) is 6.17. The summed E-state index contributed by atoms with van der Waals surface area (Å²) in [5.74, 6) is 0.975. The van der Waals surface area contributed by atoms with Gasteiger partial charge in [-0.1, -0.05) is 57.7 Å². The number of ether oxygens (including phenoxy) is 1. The highest BCUT2D eigenvalue weighted by atomic mass is 16.5. The molecule has 136 valence electrons. The van der Waals surface area contributed by atoms with Gasteiger partial charge in [0.1, 0.15) is 5.75 Å². The minimum atomic E-state index is 0.810. The van der Waals surface area contributed by atoms with Gasteiger partial charge in [0.2, 0.25) is 0 Å². The molecule has 2 heteroatoms. The molecule has 25 heavy (non-hydrogen) atoms. The number of nitrogens with zero attached hydrogens (tertiary/aromatic N) is 1. The van der Waals surface area contributed by atoms with Gasteiger partial charge in [0.15, 0.2) is 0 Å². The molecule has 2 rings (SSSR count). The van der Waals surface area contributed by atoms with Gasteiger partial charge >= 0.3 is 0 Å². The molecule has 1 aromatic carbocycles. The molecule has 1 heterocycles. The van der Waals surface area contributed by atoms with Gasteiger partial charge < -0.3 is 4.74 Å². The Hall–Kier alpha value is -1.83. The second-order valence-electron chi connectivity index (χ2n) is 6.81. The van der Waals surface area contributed by atoms with Crippen molar-refractivity contribution in [1.82, 2.24) is 4.98 Å². The Bertz CT molecular complexity index is 574. The number of unbranched alkanes of at least 4 members (excludes halogenated alkanes) is 4. The predicted molar refractivity (Wildman–Crippen MR) is 106 cm³/mol. The van der Waals surface area contributed by atoms with E-state index in [1.165, 1.54) is 48.9 Å². The summed E-state index contributed by atoms with van der Waals surface area (Å²) >= 11 is 0. The van der Waals surface area contributed by atoms with E-state index in [2.05, 4.69) is 61.4 Å². The molecule has 0 atom stereocenters. The van der Waals surface area contributed by atoms with Crippen LogP contribution in [0.25, 0.3) is 0 Å². The van der Waals surface area contributed by atoms with Gasteiger partial charge in [-0.2, -0.15) is 0 Å². The number of pyridine rings is 1. The monoisotopic (exact) mass is 339 g/mol. The molecule has 0 bridgehead atoms. The van der Waals surface area contributed by atoms with Gasteiger partial charge in [-0.05, 0) is 61.4 Å². The van der Waals surface area contributed by atoms with Crippen molar-refractivity contribution in [2.45, 2.75) is 71.6 Å². The van der Waals surface area contributed by atoms with Crippen molar-refractivity contribution in [3.8, 4) is 5.75 Å². The lowest BCUT2D eigenvalue weighted by molar-refractivity contribution is 0.309. The van der Waals surface area contributed by atoms with Crippen LogP contribution >= 0.6 is 0 Å². The van der Waals surface area contributed by atoms with Gasteiger partial charge in [0.25, 0.3) is 0 Å². The molecule has 0 amide bonds. The van der Waals surface area contributed by atoms with Crippen molar-refractivity contribution in [3.05, 3.63) is 59.4 Å². The van der Waals surface area contributed by atoms with Crippen LogP contribution in [-0.4, -0.2) is 11.6 Å². The number of hydrogen-bond acceptors (Lipinski definition) is 2. The molecule has 0 N–H and O–H groups in total. The molecule has 0 spiro atoms. The first-order chi connectivity index (χ1) is 12.3. The van der Waals surface area contributed by atoms with Crippen LogP contribution in [0, 0.1) is 0 Å². The zero-order chi connectivity index (χ0) is 17.7. The SMILES string of the molecule is CCCCCCc1ccc(CCc2ccc(OCCCC)cc2)nc1. The minimum absolute atomic E-state index is 0.810. The van der Waals surface area contributed by atoms with Crippen molar-refractivity contribution < 1.29 is 4.74 Å². The van der Waals surface area contributed by atoms with E-state index in [1.54, 1.807) is 0 Å². The standard InChI is InChI=1S/C23H33NO/c1-3-5-7-8-9-21-11-15-22(24-19-21)14-10-20-12-16-23(17-13-20)25-18-6-4-2/h11-13,15-17,19H,3-10,14,18H2,1-2H3. The van der Waals surface area contributed by atoms with Crippen LogP contribution in [-0.2, 0) is 19.3 Å². The number of aromatic nitrogens is 1. The topological polar surface area (TPSA) is 22.1 Å². The van der Waals surface area contributed by atoms with Crippen molar-refractivity contribution in [2.75, 3.05) is 6.61 Å². The molecule has 0 saturated carbocycles. The molecular weight excluding hydrogens is 306 g/mol. The third-order valence-corrected chi connectivity index (χ3v) is 4.56. The molecule has 2 aromatic rings. The first kappa shape index (κ1) is 19.5. The second-order valence-corrected chi connectivity index (χ2v) is 6.81. The van der Waals surface area contributed by atoms with Crippen LogP contribution in [0.4, 0.5) is 0 Å². The molecule has 0 aliphatic rings. The summed E-state index contributed by atoms with van der Waals surface area (Å²) in [4.78, 5) is 4.64. The van der Waals surface area contributed by atoms with E-state index in [-0.39, 0.29) is 0 Å². The average Bonchev–Trinajstić information content (AvgIpc) is 2.66. The maximum atomic E-state index is 5.71. The van der Waals surface area contributed by atoms with Crippen LogP contribution in [0.1, 0.15) is 69.2 Å². The fraction of sp³-hybridized carbons (Fsp3) is 0.522. The van der Waals surface area contributed by atoms with Gasteiger partial charge in [-0.3, -0.25) is 4.98 Å². The summed E-state index contributed by atoms with van der Waals surface area (Å²) in [7, 11) is 0. The van der Waals surface area contributed by atoms with Crippen LogP contribution in [0.3, 0.4) is 0 Å². The Morgan fingerprint density at radius 3 is 2.16 bits per heavy atom. The summed E-state index contributed by atoms with van der Waals surface area (Å²) in [5, 5.41) is 0. The third kappa shape index (κ3) is 7.72. The molecular formula is C23H33NO. The lowest BCUT2D eigenvalue weighted by Crippen LogP contribution is -1.98. The Kier molecular flexibility index (Phi) is 9.11. The molecule has 0 saturated heterocycles. The third-order valence-electron chi connectivity index (χ3n) is 4.56. The van der Waals surface area contributed by atoms with Gasteiger partial charge in [0, 0.05) is 11.9 Å². The largest absolute Gasteiger partial charge is 0.494 e. The number of hydrogen-bond donors (Lipinski definition) is 0. The summed E-state index contributed by atoms with van der Waals surface area (Å²) in [6.07, 6.45) is 12.8. The fourth-order valence-electron chi connectivity index (χ4n) is 2.87. The van der Waals surface area contributed by atoms with Crippen molar-refractivity contribution in [2.24, 2.45) is 0 Å². The highest BCUT2D eigenvalue weighted by Gasteiger charge is 2.00. The van der Waals surface area contributed by atoms with E-state index in [9.17, 15) is 0 Å². The Labute approximate surface area is 153 Å². The van der Waals surface area contributed by atoms with E-state index < -0.39 is 0 Å². The number of rotatable bonds is 12. The van der Waals surface area contributed by atoms with Crippen LogP contribution in [0.5, 0.6) is 5.75 Å². The van der Waals surface area contributed by atoms with E-state index in [1.807, 2.05) is 0 Å². The van der Waals surface area contributed by atoms with Crippen LogP contribution < -0.4 is 4.74 Å². The average molecular weight is 340 g/mol. The normalized spacial score (nSPS) is 10.8. The maximum absolute atomic E-state index is 5.71. The second kappa shape index (κ2) is 11.7. The molecule has 0 aliphatic heterocycles. The van der Waals surface area contributed by atoms with Gasteiger partial charge in [-0.25, -0.2) is 0 Å². The van der Waals surface area contributed by atoms with Gasteiger partial charge in [-0.15, -0.1) is 0 Å². The summed E-state index contributed by atoms with van der Waals surface area (Å²) in [6, 6.07) is 12.9. The minimum Gasteiger partial charge on any atom is -0.494 e. The summed E-state index contributed by atoms with van der Waals surface area (Å²) in [6.45, 7) is 5.24. The van der Waals surface area contributed by atoms with Crippen molar-refractivity contribution >= 4 is 0 Å². The van der Waals surface area contributed by atoms with E-state index in [0.717, 1.165) is 38.0 Å². The lowest BCUT2D eigenvalue weighted by atomic mass is 10.1. The Morgan fingerprint density at radius 2 is 1.48 bits per heavy atom. The zero-order valence-electron chi connectivity index (χ0n) is 16.0. The fourth-order valence-corrected chi connectivity index (χ4v) is 2.87. The van der Waals surface area contributed by atoms with Crippen LogP contribution in [0.2, 0.25) is 0 Å². The highest BCUT2D eigenvalue weighted by Crippen LogP contribution is 2.15. The highest BCUT2D eigenvalue weighted by molar-refractivity contribution is 5.28. The number of aryl methyl sites for hydroxylation is 3. The summed E-state index contributed by atoms with van der Waals surface area (Å²) in [5.41, 5.74) is 3.89. The van der Waals surface area contributed by atoms with E-state index in [0.29, 0.717) is 0 Å². The maximum Gasteiger partial charge on any atom is 0.119 e. The van der Waals surface area contributed by atoms with Crippen molar-refractivity contribution in [1.29, 1.82) is 0 Å². The van der Waals surface area contributed by atoms with Crippen molar-refractivity contribution in [3.63, 3.8) is 0 Å². The quantitative estimate of drug-likeness (QED) is 0.431. The molecule has 0 aliphatic carbocycles. The molecule has 2 nitrogen and oxygen atoms in total. The Balaban J connectivity index is 1.73. The lowest BCUT2D eigenvalue weighted by Gasteiger charge is -2.07. The van der Waals surface area contributed by atoms with E-state index in [4.69, 9.17) is 4.74 Å². The zero-order valence-corrected chi connectivity index (χ0v) is 16.0. The molecule has 0 fully saturated rings. The molecule has 1 aromatic heterocycles. The molecule has 0 radical (unpaired) electrons. The Morgan fingerprint density at radius 1 is 0.720 bits per heavy atom. The number of benzene rings is 1. The smallest absolute Gasteiger partial charge is 0.119 e.